The highest BCUT2D eigenvalue weighted by atomic mass is 16.5. The zero-order chi connectivity index (χ0) is 30.6. The molecular formula is C37H40O6. The van der Waals surface area contributed by atoms with E-state index in [9.17, 15) is 19.8 Å². The van der Waals surface area contributed by atoms with Crippen molar-refractivity contribution in [1.82, 2.24) is 0 Å². The van der Waals surface area contributed by atoms with E-state index < -0.39 is 0 Å². The summed E-state index contributed by atoms with van der Waals surface area (Å²) in [6.07, 6.45) is 5.24. The first kappa shape index (κ1) is 31.4. The summed E-state index contributed by atoms with van der Waals surface area (Å²) in [6.45, 7) is 4.29. The fourth-order valence-electron chi connectivity index (χ4n) is 5.23. The summed E-state index contributed by atoms with van der Waals surface area (Å²) in [7, 11) is 0. The van der Waals surface area contributed by atoms with E-state index in [1.165, 1.54) is 0 Å². The molecule has 4 rings (SSSR count). The van der Waals surface area contributed by atoms with Crippen LogP contribution in [-0.2, 0) is 44.7 Å². The van der Waals surface area contributed by atoms with Crippen LogP contribution in [0.3, 0.4) is 0 Å². The Hall–Kier alpha value is -4.58. The van der Waals surface area contributed by atoms with Crippen molar-refractivity contribution in [3.05, 3.63) is 107 Å². The Kier molecular flexibility index (Phi) is 11.4. The van der Waals surface area contributed by atoms with E-state index in [2.05, 4.69) is 0 Å². The Bertz CT molecular complexity index is 1430. The van der Waals surface area contributed by atoms with Gasteiger partial charge in [-0.3, -0.25) is 9.59 Å². The molecule has 0 spiro atoms. The molecule has 0 aliphatic rings. The van der Waals surface area contributed by atoms with Crippen LogP contribution in [0.1, 0.15) is 55.4 Å². The van der Waals surface area contributed by atoms with Crippen molar-refractivity contribution in [2.24, 2.45) is 0 Å². The molecule has 2 N–H and O–H groups in total. The molecule has 0 aromatic heterocycles. The Labute approximate surface area is 253 Å². The summed E-state index contributed by atoms with van der Waals surface area (Å²) in [5, 5.41) is 21.1. The summed E-state index contributed by atoms with van der Waals surface area (Å²) in [6, 6.07) is 26.8. The van der Waals surface area contributed by atoms with E-state index >= 15 is 0 Å². The van der Waals surface area contributed by atoms with Gasteiger partial charge in [0.15, 0.2) is 0 Å². The summed E-state index contributed by atoms with van der Waals surface area (Å²) in [4.78, 5) is 23.8. The maximum atomic E-state index is 11.9. The van der Waals surface area contributed by atoms with Gasteiger partial charge in [0.2, 0.25) is 0 Å². The predicted octanol–water partition coefficient (Wildman–Crippen LogP) is 7.60. The molecule has 0 aliphatic carbocycles. The Balaban J connectivity index is 1.33. The molecule has 0 bridgehead atoms. The minimum absolute atomic E-state index is 0.201. The minimum atomic E-state index is -0.263. The van der Waals surface area contributed by atoms with Crippen LogP contribution in [0.5, 0.6) is 11.5 Å². The zero-order valence-electron chi connectivity index (χ0n) is 25.0. The first-order chi connectivity index (χ1) is 20.9. The van der Waals surface area contributed by atoms with Crippen molar-refractivity contribution in [1.29, 1.82) is 0 Å². The average Bonchev–Trinajstić information content (AvgIpc) is 2.99. The van der Waals surface area contributed by atoms with Crippen LogP contribution in [-0.4, -0.2) is 35.4 Å². The van der Waals surface area contributed by atoms with Gasteiger partial charge < -0.3 is 19.7 Å². The summed E-state index contributed by atoms with van der Waals surface area (Å²) < 4.78 is 10.1. The third-order valence-corrected chi connectivity index (χ3v) is 7.34. The monoisotopic (exact) mass is 580 g/mol. The van der Waals surface area contributed by atoms with Gasteiger partial charge in [0.25, 0.3) is 0 Å². The lowest BCUT2D eigenvalue weighted by molar-refractivity contribution is -0.143. The normalized spacial score (nSPS) is 10.8. The number of carbonyl (C=O) groups excluding carboxylic acids is 2. The highest BCUT2D eigenvalue weighted by Crippen LogP contribution is 2.33. The fraction of sp³-hybridized carbons (Fsp3) is 0.297. The fourth-order valence-corrected chi connectivity index (χ4v) is 5.23. The number of benzene rings is 4. The van der Waals surface area contributed by atoms with Crippen molar-refractivity contribution in [2.75, 3.05) is 13.2 Å². The number of ether oxygens (including phenoxy) is 2. The molecule has 0 radical (unpaired) electrons. The van der Waals surface area contributed by atoms with E-state index in [-0.39, 0.29) is 36.3 Å². The van der Waals surface area contributed by atoms with Crippen molar-refractivity contribution >= 4 is 11.9 Å². The lowest BCUT2D eigenvalue weighted by atomic mass is 9.96. The first-order valence-electron chi connectivity index (χ1n) is 15.0. The maximum Gasteiger partial charge on any atom is 0.310 e. The molecule has 6 heteroatoms. The Morgan fingerprint density at radius 3 is 1.42 bits per heavy atom. The number of aryl methyl sites for hydroxylation is 2. The standard InChI is InChI=1S/C37H40O6/c1-3-42-36(40)24-28-12-8-14-30(20-28)32-22-26(16-18-34(32)38)10-6-5-7-11-27-17-19-35(39)33(23-27)31-15-9-13-29(21-31)25-37(41)43-4-2/h8-9,12-23,38-39H,3-7,10-11,24-25H2,1-2H3. The van der Waals surface area contributed by atoms with E-state index in [0.29, 0.717) is 13.2 Å². The summed E-state index contributed by atoms with van der Waals surface area (Å²) in [5.74, 6) is -0.0963. The van der Waals surface area contributed by atoms with Crippen molar-refractivity contribution in [2.45, 2.75) is 58.8 Å². The summed E-state index contributed by atoms with van der Waals surface area (Å²) >= 11 is 0. The molecule has 224 valence electrons. The van der Waals surface area contributed by atoms with Gasteiger partial charge >= 0.3 is 11.9 Å². The average molecular weight is 581 g/mol. The molecule has 0 saturated heterocycles. The molecule has 0 unspecified atom stereocenters. The van der Waals surface area contributed by atoms with Gasteiger partial charge in [-0.25, -0.2) is 0 Å². The van der Waals surface area contributed by atoms with Crippen LogP contribution in [0.25, 0.3) is 22.3 Å². The van der Waals surface area contributed by atoms with Gasteiger partial charge in [-0.05, 0) is 97.2 Å². The molecule has 0 aliphatic heterocycles. The lowest BCUT2D eigenvalue weighted by Gasteiger charge is -2.11. The quantitative estimate of drug-likeness (QED) is 0.118. The SMILES string of the molecule is CCOC(=O)Cc1cccc(-c2cc(CCCCCc3ccc(O)c(-c4cccc(CC(=O)OCC)c4)c3)ccc2O)c1. The Morgan fingerprint density at radius 1 is 0.558 bits per heavy atom. The second-order valence-corrected chi connectivity index (χ2v) is 10.6. The Morgan fingerprint density at radius 2 is 1.00 bits per heavy atom. The molecule has 4 aromatic carbocycles. The molecule has 0 heterocycles. The molecule has 0 amide bonds. The predicted molar refractivity (Wildman–Crippen MR) is 169 cm³/mol. The molecule has 0 saturated carbocycles. The van der Waals surface area contributed by atoms with E-state index in [1.54, 1.807) is 26.0 Å². The maximum absolute atomic E-state index is 11.9. The van der Waals surface area contributed by atoms with Crippen molar-refractivity contribution in [3.8, 4) is 33.8 Å². The largest absolute Gasteiger partial charge is 0.507 e. The number of aromatic hydroxyl groups is 2. The van der Waals surface area contributed by atoms with E-state index in [1.807, 2.05) is 72.8 Å². The van der Waals surface area contributed by atoms with E-state index in [4.69, 9.17) is 9.47 Å². The van der Waals surface area contributed by atoms with Crippen LogP contribution in [0, 0.1) is 0 Å². The van der Waals surface area contributed by atoms with Crippen LogP contribution in [0.2, 0.25) is 0 Å². The van der Waals surface area contributed by atoms with Crippen LogP contribution in [0.15, 0.2) is 84.9 Å². The smallest absolute Gasteiger partial charge is 0.310 e. The summed E-state index contributed by atoms with van der Waals surface area (Å²) in [5.41, 5.74) is 7.25. The number of unbranched alkanes of at least 4 members (excludes halogenated alkanes) is 2. The van der Waals surface area contributed by atoms with Gasteiger partial charge in [0.1, 0.15) is 11.5 Å². The number of esters is 2. The van der Waals surface area contributed by atoms with Crippen molar-refractivity contribution in [3.63, 3.8) is 0 Å². The van der Waals surface area contributed by atoms with Gasteiger partial charge in [0.05, 0.1) is 26.1 Å². The molecule has 4 aromatic rings. The van der Waals surface area contributed by atoms with E-state index in [0.717, 1.165) is 76.6 Å². The number of phenolic OH excluding ortho intramolecular Hbond substituents is 2. The highest BCUT2D eigenvalue weighted by Gasteiger charge is 2.11. The van der Waals surface area contributed by atoms with Crippen LogP contribution in [0.4, 0.5) is 0 Å². The molecule has 0 atom stereocenters. The number of phenols is 2. The second-order valence-electron chi connectivity index (χ2n) is 10.6. The van der Waals surface area contributed by atoms with Crippen LogP contribution >= 0.6 is 0 Å². The van der Waals surface area contributed by atoms with Gasteiger partial charge in [-0.1, -0.05) is 67.1 Å². The third kappa shape index (κ3) is 9.20. The van der Waals surface area contributed by atoms with Gasteiger partial charge in [-0.15, -0.1) is 0 Å². The highest BCUT2D eigenvalue weighted by molar-refractivity contribution is 5.76. The molecular weight excluding hydrogens is 540 g/mol. The lowest BCUT2D eigenvalue weighted by Crippen LogP contribution is -2.07. The first-order valence-corrected chi connectivity index (χ1v) is 15.0. The number of hydrogen-bond acceptors (Lipinski definition) is 6. The third-order valence-electron chi connectivity index (χ3n) is 7.34. The minimum Gasteiger partial charge on any atom is -0.507 e. The van der Waals surface area contributed by atoms with Crippen LogP contribution < -0.4 is 0 Å². The molecule has 6 nitrogen and oxygen atoms in total. The zero-order valence-corrected chi connectivity index (χ0v) is 25.0. The number of rotatable bonds is 14. The number of hydrogen-bond donors (Lipinski definition) is 2. The number of carbonyl (C=O) groups is 2. The molecule has 43 heavy (non-hydrogen) atoms. The van der Waals surface area contributed by atoms with Gasteiger partial charge in [-0.2, -0.15) is 0 Å². The van der Waals surface area contributed by atoms with Crippen molar-refractivity contribution < 1.29 is 29.3 Å². The second kappa shape index (κ2) is 15.6. The molecule has 0 fully saturated rings. The van der Waals surface area contributed by atoms with Gasteiger partial charge in [0, 0.05) is 11.1 Å². The topological polar surface area (TPSA) is 93.1 Å².